The number of ether oxygens (including phenoxy) is 1. The van der Waals surface area contributed by atoms with Crippen LogP contribution in [0.15, 0.2) is 223 Å². The first-order chi connectivity index (χ1) is 56.8. The fourth-order valence-corrected chi connectivity index (χ4v) is 14.4. The SMILES string of the molecule is C.C=S1(=O)C=Cc2ccc(NC(=O)c3cc(Cl)ccc3OC3CCN(C)CC3)cc21.CC(F)(F)c1ccc(NC(=O)c2cc(Cl)ccc2O)cn1.Cc1ccc(NC(=O)[C@@H](Cc2ccccc2)NC(=O)c2cc(Cl)ccc2O)c(Cl)c1.Cc1ccc(NC(=O)c2cc(Cl)ccc2O)c(Cl)c1.Cc1ccc(NC(=O)c2cccc([N+](=O)[O-])c2O)c(Cl)c1. The van der Waals surface area contributed by atoms with E-state index in [9.17, 15) is 72.3 Å². The van der Waals surface area contributed by atoms with Crippen molar-refractivity contribution in [3.63, 3.8) is 0 Å². The minimum atomic E-state index is -3.05. The second-order valence-electron chi connectivity index (χ2n) is 27.2. The third kappa shape index (κ3) is 27.1. The first kappa shape index (κ1) is 94.7. The molecule has 6 amide bonds. The Bertz CT molecular complexity index is 5830. The Balaban J connectivity index is 0.000000190. The second kappa shape index (κ2) is 42.9. The zero-order valence-electron chi connectivity index (χ0n) is 64.3. The maximum Gasteiger partial charge on any atom is 0.311 e. The maximum absolute atomic E-state index is 13.0. The van der Waals surface area contributed by atoms with Gasteiger partial charge in [0.25, 0.3) is 35.5 Å². The van der Waals surface area contributed by atoms with Crippen LogP contribution in [-0.4, -0.2) is 113 Å². The number of halogens is 9. The van der Waals surface area contributed by atoms with Gasteiger partial charge in [0.2, 0.25) is 11.7 Å². The number of amides is 6. The molecule has 1 unspecified atom stereocenters. The molecule has 0 saturated carbocycles. The quantitative estimate of drug-likeness (QED) is 0.0217. The number of para-hydroxylation sites is 1. The van der Waals surface area contributed by atoms with Gasteiger partial charge in [-0.2, -0.15) is 8.78 Å². The molecule has 630 valence electrons. The number of anilines is 5. The van der Waals surface area contributed by atoms with E-state index in [4.69, 9.17) is 85.9 Å². The number of phenolic OH excluding ortho intramolecular Hbond substituents is 4. The highest BCUT2D eigenvalue weighted by Crippen LogP contribution is 2.36. The number of fused-ring (bicyclic) bond motifs is 1. The molecule has 2 aliphatic rings. The summed E-state index contributed by atoms with van der Waals surface area (Å²) in [6, 6.07) is 53.0. The van der Waals surface area contributed by atoms with Crippen molar-refractivity contribution in [2.75, 3.05) is 46.7 Å². The van der Waals surface area contributed by atoms with Crippen LogP contribution < -0.4 is 36.6 Å². The number of hydrogen-bond acceptors (Lipinski definition) is 16. The summed E-state index contributed by atoms with van der Waals surface area (Å²) in [6.07, 6.45) is 5.06. The summed E-state index contributed by atoms with van der Waals surface area (Å²) >= 11 is 41.9. The molecule has 0 radical (unpaired) electrons. The van der Waals surface area contributed by atoms with Crippen molar-refractivity contribution in [3.05, 3.63) is 324 Å². The Labute approximate surface area is 731 Å². The number of nitrogens with zero attached hydrogens (tertiary/aromatic N) is 3. The molecule has 0 aliphatic carbocycles. The highest BCUT2D eigenvalue weighted by Gasteiger charge is 2.29. The van der Waals surface area contributed by atoms with Crippen LogP contribution >= 0.6 is 81.2 Å². The van der Waals surface area contributed by atoms with E-state index in [1.807, 2.05) is 69.3 Å². The number of rotatable bonds is 18. The number of benzene rings is 10. The summed E-state index contributed by atoms with van der Waals surface area (Å²) in [5, 5.41) is 69.9. The summed E-state index contributed by atoms with van der Waals surface area (Å²) in [5.74, 6) is -3.15. The molecule has 2 aliphatic heterocycles. The average Bonchev–Trinajstić information content (AvgIpc) is 1.64. The Morgan fingerprint density at radius 1 is 0.562 bits per heavy atom. The third-order valence-electron chi connectivity index (χ3n) is 17.8. The lowest BCUT2D eigenvalue weighted by molar-refractivity contribution is -0.385. The van der Waals surface area contributed by atoms with Gasteiger partial charge in [-0.05, 0) is 225 Å². The largest absolute Gasteiger partial charge is 0.507 e. The number of hydrogen-bond donors (Lipinski definition) is 10. The number of nitro groups is 1. The van der Waals surface area contributed by atoms with E-state index in [2.05, 4.69) is 54.7 Å². The number of nitrogens with one attached hydrogen (secondary N) is 6. The fourth-order valence-electron chi connectivity index (χ4n) is 11.5. The number of phenols is 4. The lowest BCUT2D eigenvalue weighted by atomic mass is 10.0. The Morgan fingerprint density at radius 2 is 1.02 bits per heavy atom. The molecular weight excluding hydrogens is 1730 g/mol. The van der Waals surface area contributed by atoms with E-state index < -0.39 is 73.1 Å². The number of aromatic hydroxyl groups is 4. The summed E-state index contributed by atoms with van der Waals surface area (Å²) in [6.45, 7) is 8.32. The Morgan fingerprint density at radius 3 is 1.50 bits per heavy atom. The van der Waals surface area contributed by atoms with Gasteiger partial charge in [0, 0.05) is 72.7 Å². The average molecular weight is 1810 g/mol. The second-order valence-corrected chi connectivity index (χ2v) is 32.4. The molecule has 10 N–H and O–H groups in total. The van der Waals surface area contributed by atoms with Crippen molar-refractivity contribution in [3.8, 4) is 28.7 Å². The number of pyridine rings is 1. The van der Waals surface area contributed by atoms with Crippen molar-refractivity contribution in [2.24, 2.45) is 0 Å². The first-order valence-corrected chi connectivity index (χ1v) is 40.5. The number of nitro benzene ring substituents is 1. The topological polar surface area (TPSA) is 341 Å². The summed E-state index contributed by atoms with van der Waals surface area (Å²) < 4.78 is 44.7. The molecule has 2 atom stereocenters. The predicted octanol–water partition coefficient (Wildman–Crippen LogP) is 21.3. The van der Waals surface area contributed by atoms with Gasteiger partial charge in [-0.1, -0.05) is 149 Å². The Kier molecular flexibility index (Phi) is 33.6. The lowest BCUT2D eigenvalue weighted by Gasteiger charge is -2.29. The monoisotopic (exact) mass is 1800 g/mol. The van der Waals surface area contributed by atoms with Crippen LogP contribution in [0.4, 0.5) is 42.9 Å². The minimum Gasteiger partial charge on any atom is -0.507 e. The van der Waals surface area contributed by atoms with Crippen LogP contribution in [-0.2, 0) is 26.7 Å². The smallest absolute Gasteiger partial charge is 0.311 e. The van der Waals surface area contributed by atoms with E-state index in [0.29, 0.717) is 69.1 Å². The number of aryl methyl sites for hydroxylation is 3. The summed E-state index contributed by atoms with van der Waals surface area (Å²) in [7, 11) is -0.358. The van der Waals surface area contributed by atoms with Crippen LogP contribution in [0, 0.1) is 30.9 Å². The van der Waals surface area contributed by atoms with Crippen molar-refractivity contribution in [2.45, 2.75) is 77.3 Å². The minimum absolute atomic E-state index is 0. The third-order valence-corrected chi connectivity index (χ3v) is 21.4. The van der Waals surface area contributed by atoms with Gasteiger partial charge in [0.05, 0.1) is 76.8 Å². The number of carbonyl (C=O) groups is 6. The van der Waals surface area contributed by atoms with E-state index in [1.54, 1.807) is 84.3 Å². The van der Waals surface area contributed by atoms with Gasteiger partial charge >= 0.3 is 5.69 Å². The molecule has 23 nitrogen and oxygen atoms in total. The van der Waals surface area contributed by atoms with Crippen molar-refractivity contribution < 1.29 is 71.8 Å². The van der Waals surface area contributed by atoms with Gasteiger partial charge in [0.1, 0.15) is 40.8 Å². The predicted molar refractivity (Wildman–Crippen MR) is 477 cm³/mol. The normalized spacial score (nSPS) is 13.4. The van der Waals surface area contributed by atoms with Crippen LogP contribution in [0.5, 0.6) is 28.7 Å². The van der Waals surface area contributed by atoms with E-state index in [1.165, 1.54) is 72.8 Å². The van der Waals surface area contributed by atoms with Crippen molar-refractivity contribution in [1.29, 1.82) is 0 Å². The zero-order valence-corrected chi connectivity index (χ0v) is 70.4. The van der Waals surface area contributed by atoms with E-state index in [0.717, 1.165) is 79.0 Å². The van der Waals surface area contributed by atoms with Gasteiger partial charge in [-0.3, -0.25) is 48.1 Å². The van der Waals surface area contributed by atoms with Gasteiger partial charge in [0.15, 0.2) is 0 Å². The molecule has 3 heterocycles. The van der Waals surface area contributed by atoms with Crippen molar-refractivity contribution >= 4 is 172 Å². The molecule has 1 fully saturated rings. The number of piperidine rings is 1. The van der Waals surface area contributed by atoms with Gasteiger partial charge in [-0.25, -0.2) is 0 Å². The van der Waals surface area contributed by atoms with Crippen LogP contribution in [0.25, 0.3) is 6.08 Å². The highest BCUT2D eigenvalue weighted by molar-refractivity contribution is 8.03. The molecule has 33 heteroatoms. The van der Waals surface area contributed by atoms with Crippen LogP contribution in [0.3, 0.4) is 0 Å². The van der Waals surface area contributed by atoms with E-state index in [-0.39, 0.29) is 76.1 Å². The standard InChI is InChI=1S/C23H20Cl2N2O3.C22H23ClN2O3S.C14H11Cl2NO2.C14H11ClF2N2O2.C14H11ClN2O4.CH4/c1-14-7-9-19(18(25)11-14)26-23(30)20(12-15-5-3-2-4-6-15)27-22(29)17-13-16(24)8-10-21(17)28;1-25-10-7-18(8-11-25)28-20-6-4-16(23)13-19(20)22(26)24-17-5-3-15-9-12-29(2,27)21(15)14-17;1-8-2-4-12(11(16)6-8)17-14(19)10-7-9(15)3-5-13(10)18;1-14(16,17)12-5-3-9(7-18-12)19-13(21)10-6-8(15)2-4-11(10)20;1-8-5-6-11(10(15)7-8)16-14(19)9-3-2-4-12(13(9)18)17(20)21;/h2-11,13,20,28H,12H2,1H3,(H,26,30)(H,27,29);3-6,9,12-14,18H,2,7-8,10-11H2,1H3,(H,24,26);2-7,18H,1H3,(H,17,19);2-7,20H,1H3,(H,19,21);2-7,18H,1H3,(H,16,19);1H4/t20-;;;;;/m1...../s1. The highest BCUT2D eigenvalue weighted by atomic mass is 35.5. The fraction of sp³-hybridized carbons (Fsp3) is 0.159. The molecule has 1 saturated heterocycles. The number of carbonyl (C=O) groups excluding carboxylic acids is 6. The molecule has 10 aromatic carbocycles. The van der Waals surface area contributed by atoms with Crippen LogP contribution in [0.2, 0.25) is 35.2 Å². The molecular formula is C88H80Cl7F2N9O14S. The maximum atomic E-state index is 13.0. The molecule has 0 bridgehead atoms. The van der Waals surface area contributed by atoms with Crippen LogP contribution in [0.1, 0.15) is 112 Å². The first-order valence-electron chi connectivity index (χ1n) is 36.1. The number of aromatic nitrogens is 1. The van der Waals surface area contributed by atoms with Gasteiger partial charge < -0.3 is 62.0 Å². The number of alkyl halides is 2. The summed E-state index contributed by atoms with van der Waals surface area (Å²) in [4.78, 5) is 91.3. The van der Waals surface area contributed by atoms with Crippen molar-refractivity contribution in [1.82, 2.24) is 15.2 Å². The summed E-state index contributed by atoms with van der Waals surface area (Å²) in [5.41, 5.74) is 6.01. The molecule has 0 spiro atoms. The molecule has 13 rings (SSSR count). The molecule has 1 aromatic heterocycles. The lowest BCUT2D eigenvalue weighted by Crippen LogP contribution is -2.45. The van der Waals surface area contributed by atoms with E-state index >= 15 is 0 Å². The van der Waals surface area contributed by atoms with Gasteiger partial charge in [-0.15, -0.1) is 0 Å². The molecule has 11 aromatic rings. The number of likely N-dealkylation sites (tertiary alicyclic amines) is 1. The Hall–Kier alpha value is -11.8. The molecule has 121 heavy (non-hydrogen) atoms. The zero-order chi connectivity index (χ0) is 87.4.